The van der Waals surface area contributed by atoms with Gasteiger partial charge in [-0.2, -0.15) is 0 Å². The van der Waals surface area contributed by atoms with Gasteiger partial charge < -0.3 is 4.90 Å². The van der Waals surface area contributed by atoms with Crippen LogP contribution >= 0.6 is 0 Å². The van der Waals surface area contributed by atoms with Crippen LogP contribution in [0.5, 0.6) is 0 Å². The van der Waals surface area contributed by atoms with Crippen LogP contribution in [0, 0.1) is 13.8 Å². The number of rotatable bonds is 1. The van der Waals surface area contributed by atoms with Crippen LogP contribution in [0.15, 0.2) is 17.1 Å². The van der Waals surface area contributed by atoms with Crippen LogP contribution < -0.4 is 5.43 Å². The predicted molar refractivity (Wildman–Crippen MR) is 58.2 cm³/mol. The molecule has 2 heterocycles. The van der Waals surface area contributed by atoms with Crippen molar-refractivity contribution in [1.29, 1.82) is 0 Å². The molecule has 0 bridgehead atoms. The third kappa shape index (κ3) is 1.47. The topological polar surface area (TPSA) is 32.6 Å². The summed E-state index contributed by atoms with van der Waals surface area (Å²) < 4.78 is 2.06. The van der Waals surface area contributed by atoms with Crippen LogP contribution in [0.2, 0.25) is 0 Å². The van der Waals surface area contributed by atoms with Gasteiger partial charge in [-0.1, -0.05) is 0 Å². The minimum absolute atomic E-state index is 0.887. The van der Waals surface area contributed by atoms with Crippen LogP contribution in [0.25, 0.3) is 0 Å². The molecular weight excluding hydrogens is 176 g/mol. The lowest BCUT2D eigenvalue weighted by atomic mass is 10.5. The van der Waals surface area contributed by atoms with Gasteiger partial charge >= 0.3 is 0 Å². The number of hydrogen-bond donors (Lipinski definition) is 1. The van der Waals surface area contributed by atoms with Crippen molar-refractivity contribution in [2.75, 3.05) is 25.6 Å². The zero-order valence-electron chi connectivity index (χ0n) is 8.91. The summed E-state index contributed by atoms with van der Waals surface area (Å²) in [4.78, 5) is 6.51. The molecule has 0 aromatic carbocycles. The lowest BCUT2D eigenvalue weighted by molar-refractivity contribution is 0.548. The van der Waals surface area contributed by atoms with E-state index in [2.05, 4.69) is 46.0 Å². The first-order valence-corrected chi connectivity index (χ1v) is 4.86. The highest BCUT2D eigenvalue weighted by atomic mass is 15.5. The third-order valence-corrected chi connectivity index (χ3v) is 2.54. The monoisotopic (exact) mass is 192 g/mol. The zero-order chi connectivity index (χ0) is 10.1. The Balaban J connectivity index is 2.18. The normalized spacial score (nSPS) is 15.9. The minimum Gasteiger partial charge on any atom is -0.343 e. The van der Waals surface area contributed by atoms with E-state index < -0.39 is 0 Å². The van der Waals surface area contributed by atoms with Crippen molar-refractivity contribution in [3.8, 4) is 0 Å². The standard InChI is InChI=1S/C10H16N4/c1-8-4-5-9(2)14(8)12-10-11-6-7-13(10)3/h4-5H,6-7H2,1-3H3,(H,11,12). The molecule has 0 aliphatic carbocycles. The lowest BCUT2D eigenvalue weighted by Crippen LogP contribution is -2.35. The summed E-state index contributed by atoms with van der Waals surface area (Å²) in [5.41, 5.74) is 5.70. The predicted octanol–water partition coefficient (Wildman–Crippen LogP) is 0.950. The zero-order valence-corrected chi connectivity index (χ0v) is 8.91. The number of aromatic nitrogens is 1. The Morgan fingerprint density at radius 3 is 2.43 bits per heavy atom. The summed E-state index contributed by atoms with van der Waals surface area (Å²) >= 11 is 0. The molecule has 1 aliphatic rings. The largest absolute Gasteiger partial charge is 0.343 e. The summed E-state index contributed by atoms with van der Waals surface area (Å²) in [6.07, 6.45) is 0. The summed E-state index contributed by atoms with van der Waals surface area (Å²) in [5, 5.41) is 0. The van der Waals surface area contributed by atoms with E-state index in [-0.39, 0.29) is 0 Å². The Bertz CT molecular complexity index is 345. The van der Waals surface area contributed by atoms with E-state index in [1.54, 1.807) is 0 Å². The molecule has 4 nitrogen and oxygen atoms in total. The first kappa shape index (κ1) is 9.12. The van der Waals surface area contributed by atoms with Crippen molar-refractivity contribution < 1.29 is 0 Å². The van der Waals surface area contributed by atoms with Crippen molar-refractivity contribution in [3.63, 3.8) is 0 Å². The van der Waals surface area contributed by atoms with Gasteiger partial charge in [0.25, 0.3) is 0 Å². The van der Waals surface area contributed by atoms with Crippen LogP contribution in [0.3, 0.4) is 0 Å². The molecule has 0 amide bonds. The smallest absolute Gasteiger partial charge is 0.213 e. The van der Waals surface area contributed by atoms with E-state index in [1.165, 1.54) is 11.4 Å². The number of guanidine groups is 1. The maximum Gasteiger partial charge on any atom is 0.213 e. The number of aryl methyl sites for hydroxylation is 2. The average molecular weight is 192 g/mol. The van der Waals surface area contributed by atoms with Gasteiger partial charge in [0.15, 0.2) is 0 Å². The number of likely N-dealkylation sites (N-methyl/N-ethyl adjacent to an activating group) is 1. The molecule has 0 radical (unpaired) electrons. The Hall–Kier alpha value is -1.45. The second-order valence-corrected chi connectivity index (χ2v) is 3.69. The summed E-state index contributed by atoms with van der Waals surface area (Å²) in [7, 11) is 2.05. The highest BCUT2D eigenvalue weighted by Crippen LogP contribution is 2.05. The fourth-order valence-electron chi connectivity index (χ4n) is 1.60. The molecule has 1 aliphatic heterocycles. The van der Waals surface area contributed by atoms with E-state index in [1.807, 2.05) is 7.05 Å². The van der Waals surface area contributed by atoms with Crippen LogP contribution in [0.1, 0.15) is 11.4 Å². The second-order valence-electron chi connectivity index (χ2n) is 3.69. The molecule has 1 N–H and O–H groups in total. The van der Waals surface area contributed by atoms with Crippen molar-refractivity contribution in [2.24, 2.45) is 4.99 Å². The molecule has 1 aromatic heterocycles. The van der Waals surface area contributed by atoms with Gasteiger partial charge in [-0.15, -0.1) is 0 Å². The fourth-order valence-corrected chi connectivity index (χ4v) is 1.60. The molecule has 4 heteroatoms. The van der Waals surface area contributed by atoms with Crippen LogP contribution in [-0.2, 0) is 0 Å². The van der Waals surface area contributed by atoms with E-state index in [4.69, 9.17) is 0 Å². The van der Waals surface area contributed by atoms with Crippen molar-refractivity contribution in [3.05, 3.63) is 23.5 Å². The summed E-state index contributed by atoms with van der Waals surface area (Å²) in [5.74, 6) is 0.951. The van der Waals surface area contributed by atoms with E-state index in [0.717, 1.165) is 19.0 Å². The first-order chi connectivity index (χ1) is 6.68. The van der Waals surface area contributed by atoms with E-state index in [0.29, 0.717) is 0 Å². The molecule has 76 valence electrons. The van der Waals surface area contributed by atoms with Crippen molar-refractivity contribution in [2.45, 2.75) is 13.8 Å². The third-order valence-electron chi connectivity index (χ3n) is 2.54. The SMILES string of the molecule is Cc1ccc(C)n1NC1=NCCN1C. The maximum absolute atomic E-state index is 4.38. The van der Waals surface area contributed by atoms with Gasteiger partial charge in [0, 0.05) is 25.0 Å². The molecule has 0 saturated carbocycles. The summed E-state index contributed by atoms with van der Waals surface area (Å²) in [6.45, 7) is 6.05. The lowest BCUT2D eigenvalue weighted by Gasteiger charge is -2.18. The molecule has 0 fully saturated rings. The van der Waals surface area contributed by atoms with Gasteiger partial charge in [0.05, 0.1) is 6.54 Å². The maximum atomic E-state index is 4.38. The molecular formula is C10H16N4. The van der Waals surface area contributed by atoms with Gasteiger partial charge in [-0.3, -0.25) is 10.1 Å². The Kier molecular flexibility index (Phi) is 2.19. The molecule has 0 spiro atoms. The molecule has 2 rings (SSSR count). The quantitative estimate of drug-likeness (QED) is 0.718. The van der Waals surface area contributed by atoms with Crippen molar-refractivity contribution in [1.82, 2.24) is 9.58 Å². The molecule has 0 atom stereocenters. The van der Waals surface area contributed by atoms with E-state index >= 15 is 0 Å². The molecule has 0 unspecified atom stereocenters. The van der Waals surface area contributed by atoms with Crippen molar-refractivity contribution >= 4 is 5.96 Å². The molecule has 14 heavy (non-hydrogen) atoms. The van der Waals surface area contributed by atoms with E-state index in [9.17, 15) is 0 Å². The number of nitrogens with one attached hydrogen (secondary N) is 1. The van der Waals surface area contributed by atoms with Crippen LogP contribution in [-0.4, -0.2) is 35.7 Å². The second kappa shape index (κ2) is 3.36. The van der Waals surface area contributed by atoms with Gasteiger partial charge in [-0.05, 0) is 26.0 Å². The number of aliphatic imine (C=N–C) groups is 1. The Morgan fingerprint density at radius 2 is 1.93 bits per heavy atom. The van der Waals surface area contributed by atoms with Gasteiger partial charge in [0.2, 0.25) is 5.96 Å². The molecule has 0 saturated heterocycles. The molecule has 1 aromatic rings. The summed E-state index contributed by atoms with van der Waals surface area (Å²) in [6, 6.07) is 4.19. The number of nitrogens with zero attached hydrogens (tertiary/aromatic N) is 3. The number of hydrogen-bond acceptors (Lipinski definition) is 3. The highest BCUT2D eigenvalue weighted by molar-refractivity contribution is 5.88. The Labute approximate surface area is 84.2 Å². The van der Waals surface area contributed by atoms with Crippen LogP contribution in [0.4, 0.5) is 0 Å². The van der Waals surface area contributed by atoms with Gasteiger partial charge in [-0.25, -0.2) is 4.99 Å². The minimum atomic E-state index is 0.887. The van der Waals surface area contributed by atoms with Gasteiger partial charge in [0.1, 0.15) is 0 Å². The average Bonchev–Trinajstić information content (AvgIpc) is 2.67. The highest BCUT2D eigenvalue weighted by Gasteiger charge is 2.13. The first-order valence-electron chi connectivity index (χ1n) is 4.86. The Morgan fingerprint density at radius 1 is 1.29 bits per heavy atom. The fraction of sp³-hybridized carbons (Fsp3) is 0.500.